The van der Waals surface area contributed by atoms with Gasteiger partial charge in [-0.15, -0.1) is 11.3 Å². The van der Waals surface area contributed by atoms with Crippen molar-refractivity contribution in [3.05, 3.63) is 68.9 Å². The van der Waals surface area contributed by atoms with Crippen molar-refractivity contribution in [2.24, 2.45) is 17.8 Å². The van der Waals surface area contributed by atoms with Gasteiger partial charge < -0.3 is 14.8 Å². The maximum absolute atomic E-state index is 13.6. The van der Waals surface area contributed by atoms with E-state index in [1.807, 2.05) is 35.7 Å². The smallest absolute Gasteiger partial charge is 0.455 e. The Morgan fingerprint density at radius 2 is 1.97 bits per heavy atom. The average Bonchev–Trinajstić information content (AvgIpc) is 3.49. The molecule has 2 fully saturated rings. The molecule has 6 nitrogen and oxygen atoms in total. The maximum Gasteiger partial charge on any atom is 0.455 e. The fraction of sp³-hybridized carbons (Fsp3) is 0.448. The molecule has 2 N–H and O–H groups in total. The van der Waals surface area contributed by atoms with Gasteiger partial charge in [-0.1, -0.05) is 55.3 Å². The van der Waals surface area contributed by atoms with Crippen molar-refractivity contribution in [1.29, 1.82) is 0 Å². The van der Waals surface area contributed by atoms with Crippen molar-refractivity contribution in [1.82, 2.24) is 4.90 Å². The minimum Gasteiger partial charge on any atom is -0.507 e. The molecule has 2 aromatic rings. The molecule has 1 aromatic carbocycles. The van der Waals surface area contributed by atoms with E-state index in [4.69, 9.17) is 4.65 Å². The van der Waals surface area contributed by atoms with Crippen molar-refractivity contribution in [3.63, 3.8) is 0 Å². The molecule has 2 saturated heterocycles. The van der Waals surface area contributed by atoms with Crippen LogP contribution in [0.5, 0.6) is 5.75 Å². The number of allylic oxidation sites excluding steroid dienone is 2. The zero-order chi connectivity index (χ0) is 26.1. The lowest BCUT2D eigenvalue weighted by Crippen LogP contribution is -2.46. The van der Waals surface area contributed by atoms with Crippen LogP contribution < -0.4 is 0 Å². The predicted octanol–water partition coefficient (Wildman–Crippen LogP) is 5.43. The minimum absolute atomic E-state index is 0.0789. The molecule has 0 radical (unpaired) electrons. The zero-order valence-electron chi connectivity index (χ0n) is 21.4. The Labute approximate surface area is 222 Å². The molecule has 4 atom stereocenters. The highest BCUT2D eigenvalue weighted by molar-refractivity contribution is 7.09. The largest absolute Gasteiger partial charge is 0.507 e. The molecule has 8 heteroatoms. The molecule has 3 aliphatic rings. The standard InChI is InChI=1S/C29H34BNO5S/c1-3-18(14-20-8-5-6-10-24(20)32)11-12-25-26-19(4-2)15-22-27(23(26)16-30(35)36-25)29(34)31(28(22)33)17-21-9-7-13-37-21/h5-10,13-14,22-23,25,27,32,35H,3-4,11-12,15-17H2,1-2H3/b18-14+/t22-,23+,25-,27-/m1/s1. The second-order valence-corrected chi connectivity index (χ2v) is 11.3. The SMILES string of the molecule is CCC1=C2[C@@H](CC/C(=C/c3ccccc3O)CC)OB(O)C[C@@H]2[C@@H]2C(=O)N(Cc3cccs3)C(=O)[C@@H]2C1. The van der Waals surface area contributed by atoms with Crippen LogP contribution in [0.3, 0.4) is 0 Å². The summed E-state index contributed by atoms with van der Waals surface area (Å²) in [6, 6.07) is 11.2. The Kier molecular flexibility index (Phi) is 7.70. The second kappa shape index (κ2) is 11.0. The van der Waals surface area contributed by atoms with Crippen molar-refractivity contribution in [3.8, 4) is 5.75 Å². The number of carbonyl (C=O) groups excluding carboxylic acids is 2. The molecule has 0 unspecified atom stereocenters. The lowest BCUT2D eigenvalue weighted by Gasteiger charge is -2.43. The van der Waals surface area contributed by atoms with E-state index in [1.54, 1.807) is 23.5 Å². The minimum atomic E-state index is -0.961. The fourth-order valence-corrected chi connectivity index (χ4v) is 7.07. The molecule has 194 valence electrons. The molecule has 0 saturated carbocycles. The van der Waals surface area contributed by atoms with Crippen LogP contribution in [-0.2, 0) is 20.8 Å². The van der Waals surface area contributed by atoms with Crippen LogP contribution >= 0.6 is 11.3 Å². The van der Waals surface area contributed by atoms with Crippen LogP contribution in [0.15, 0.2) is 58.5 Å². The van der Waals surface area contributed by atoms with E-state index in [0.717, 1.165) is 35.3 Å². The molecule has 37 heavy (non-hydrogen) atoms. The predicted molar refractivity (Wildman–Crippen MR) is 146 cm³/mol. The van der Waals surface area contributed by atoms with Gasteiger partial charge in [0.05, 0.1) is 24.5 Å². The topological polar surface area (TPSA) is 87.1 Å². The van der Waals surface area contributed by atoms with Gasteiger partial charge in [0, 0.05) is 10.4 Å². The monoisotopic (exact) mass is 519 g/mol. The van der Waals surface area contributed by atoms with Crippen molar-refractivity contribution >= 4 is 36.3 Å². The number of phenols is 1. The van der Waals surface area contributed by atoms with Crippen LogP contribution in [0.2, 0.25) is 6.32 Å². The second-order valence-electron chi connectivity index (χ2n) is 10.3. The summed E-state index contributed by atoms with van der Waals surface area (Å²) in [4.78, 5) is 29.5. The highest BCUT2D eigenvalue weighted by atomic mass is 32.1. The summed E-state index contributed by atoms with van der Waals surface area (Å²) in [6.07, 6.45) is 5.73. The molecule has 1 aliphatic carbocycles. The first-order valence-corrected chi connectivity index (χ1v) is 14.2. The van der Waals surface area contributed by atoms with Crippen molar-refractivity contribution in [2.75, 3.05) is 0 Å². The number of nitrogens with zero attached hydrogens (tertiary/aromatic N) is 1. The summed E-state index contributed by atoms with van der Waals surface area (Å²) in [5.74, 6) is -0.897. The Balaban J connectivity index is 1.39. The van der Waals surface area contributed by atoms with Crippen LogP contribution in [0.4, 0.5) is 0 Å². The Bertz CT molecular complexity index is 1220. The molecule has 1 aromatic heterocycles. The van der Waals surface area contributed by atoms with E-state index in [-0.39, 0.29) is 35.5 Å². The third kappa shape index (κ3) is 5.07. The van der Waals surface area contributed by atoms with E-state index in [1.165, 1.54) is 16.0 Å². The normalized spacial score (nSPS) is 26.1. The van der Waals surface area contributed by atoms with Crippen LogP contribution in [0, 0.1) is 17.8 Å². The number of benzene rings is 1. The molecular weight excluding hydrogens is 485 g/mol. The van der Waals surface area contributed by atoms with Gasteiger partial charge in [0.25, 0.3) is 0 Å². The summed E-state index contributed by atoms with van der Waals surface area (Å²) < 4.78 is 6.09. The first-order valence-electron chi connectivity index (χ1n) is 13.3. The third-order valence-corrected chi connectivity index (χ3v) is 9.06. The molecule has 0 spiro atoms. The number of imide groups is 1. The Hall–Kier alpha value is -2.68. The third-order valence-electron chi connectivity index (χ3n) is 8.20. The van der Waals surface area contributed by atoms with E-state index in [9.17, 15) is 19.7 Å². The maximum atomic E-state index is 13.6. The van der Waals surface area contributed by atoms with Gasteiger partial charge in [-0.2, -0.15) is 0 Å². The van der Waals surface area contributed by atoms with Gasteiger partial charge in [-0.3, -0.25) is 14.5 Å². The van der Waals surface area contributed by atoms with Gasteiger partial charge in [-0.05, 0) is 67.4 Å². The van der Waals surface area contributed by atoms with Gasteiger partial charge in [-0.25, -0.2) is 0 Å². The molecular formula is C29H34BNO5S. The number of hydrogen-bond donors (Lipinski definition) is 2. The quantitative estimate of drug-likeness (QED) is 0.276. The number of hydrogen-bond acceptors (Lipinski definition) is 6. The lowest BCUT2D eigenvalue weighted by molar-refractivity contribution is -0.140. The molecule has 2 amide bonds. The molecule has 0 bridgehead atoms. The molecule has 3 heterocycles. The average molecular weight is 519 g/mol. The lowest BCUT2D eigenvalue weighted by atomic mass is 9.58. The number of phenolic OH excluding ortho intramolecular Hbond substituents is 1. The summed E-state index contributed by atoms with van der Waals surface area (Å²) >= 11 is 1.55. The van der Waals surface area contributed by atoms with E-state index < -0.39 is 13.0 Å². The summed E-state index contributed by atoms with van der Waals surface area (Å²) in [5, 5.41) is 22.9. The number of rotatable bonds is 8. The number of carbonyl (C=O) groups is 2. The fourth-order valence-electron chi connectivity index (χ4n) is 6.38. The molecule has 5 rings (SSSR count). The number of amides is 2. The Morgan fingerprint density at radius 1 is 1.16 bits per heavy atom. The first kappa shape index (κ1) is 26.0. The van der Waals surface area contributed by atoms with Crippen molar-refractivity contribution < 1.29 is 24.4 Å². The number of para-hydroxylation sites is 1. The molecule has 2 aliphatic heterocycles. The summed E-state index contributed by atoms with van der Waals surface area (Å²) in [6.45, 7) is 4.52. The van der Waals surface area contributed by atoms with Gasteiger partial charge >= 0.3 is 7.12 Å². The Morgan fingerprint density at radius 3 is 2.68 bits per heavy atom. The van der Waals surface area contributed by atoms with Gasteiger partial charge in [0.1, 0.15) is 5.75 Å². The number of aromatic hydroxyl groups is 1. The highest BCUT2D eigenvalue weighted by Gasteiger charge is 2.57. The van der Waals surface area contributed by atoms with Crippen LogP contribution in [0.1, 0.15) is 56.4 Å². The number of fused-ring (bicyclic) bond motifs is 3. The zero-order valence-corrected chi connectivity index (χ0v) is 22.2. The van der Waals surface area contributed by atoms with Gasteiger partial charge in [0.2, 0.25) is 11.8 Å². The summed E-state index contributed by atoms with van der Waals surface area (Å²) in [7, 11) is -0.961. The van der Waals surface area contributed by atoms with E-state index in [0.29, 0.717) is 25.7 Å². The van der Waals surface area contributed by atoms with Crippen LogP contribution in [-0.4, -0.2) is 40.1 Å². The summed E-state index contributed by atoms with van der Waals surface area (Å²) in [5.41, 5.74) is 4.30. The number of likely N-dealkylation sites (tertiary alicyclic amines) is 1. The highest BCUT2D eigenvalue weighted by Crippen LogP contribution is 2.51. The first-order chi connectivity index (χ1) is 17.9. The van der Waals surface area contributed by atoms with E-state index >= 15 is 0 Å². The van der Waals surface area contributed by atoms with Gasteiger partial charge in [0.15, 0.2) is 0 Å². The van der Waals surface area contributed by atoms with E-state index in [2.05, 4.69) is 13.8 Å². The van der Waals surface area contributed by atoms with Crippen LogP contribution in [0.25, 0.3) is 6.08 Å². The number of thiophene rings is 1. The van der Waals surface area contributed by atoms with Crippen molar-refractivity contribution in [2.45, 2.75) is 64.9 Å².